The highest BCUT2D eigenvalue weighted by atomic mass is 32.1. The zero-order valence-corrected chi connectivity index (χ0v) is 9.48. The van der Waals surface area contributed by atoms with E-state index in [9.17, 15) is 0 Å². The molecule has 7 heteroatoms. The quantitative estimate of drug-likeness (QED) is 0.761. The second-order valence-corrected chi connectivity index (χ2v) is 4.15. The maximum atomic E-state index is 5.46. The van der Waals surface area contributed by atoms with E-state index < -0.39 is 0 Å². The molecule has 0 aliphatic heterocycles. The minimum Gasteiger partial charge on any atom is -0.455 e. The van der Waals surface area contributed by atoms with Gasteiger partial charge in [-0.15, -0.1) is 11.3 Å². The predicted octanol–water partition coefficient (Wildman–Crippen LogP) is 1.91. The number of furan rings is 1. The molecule has 6 nitrogen and oxygen atoms in total. The molecule has 3 rings (SSSR count). The molecule has 0 atom stereocenters. The maximum Gasteiger partial charge on any atom is 0.293 e. The van der Waals surface area contributed by atoms with Crippen molar-refractivity contribution in [3.8, 4) is 22.4 Å². The molecule has 17 heavy (non-hydrogen) atoms. The first-order chi connectivity index (χ1) is 8.36. The molecule has 3 heterocycles. The van der Waals surface area contributed by atoms with Gasteiger partial charge in [0.25, 0.3) is 5.89 Å². The fraction of sp³-hybridized carbons (Fsp3) is 0.100. The summed E-state index contributed by atoms with van der Waals surface area (Å²) in [6, 6.07) is 3.54. The monoisotopic (exact) mass is 248 g/mol. The van der Waals surface area contributed by atoms with E-state index in [2.05, 4.69) is 15.1 Å². The Morgan fingerprint density at radius 1 is 1.35 bits per heavy atom. The van der Waals surface area contributed by atoms with E-state index in [0.717, 1.165) is 4.88 Å². The second-order valence-electron chi connectivity index (χ2n) is 3.26. The van der Waals surface area contributed by atoms with Crippen LogP contribution in [0.15, 0.2) is 32.8 Å². The summed E-state index contributed by atoms with van der Waals surface area (Å²) < 4.78 is 10.5. The largest absolute Gasteiger partial charge is 0.455 e. The van der Waals surface area contributed by atoms with Gasteiger partial charge < -0.3 is 14.7 Å². The van der Waals surface area contributed by atoms with Crippen LogP contribution >= 0.6 is 11.3 Å². The Morgan fingerprint density at radius 3 is 3.00 bits per heavy atom. The first kappa shape index (κ1) is 10.2. The van der Waals surface area contributed by atoms with Crippen molar-refractivity contribution in [1.82, 2.24) is 15.1 Å². The Morgan fingerprint density at radius 2 is 2.29 bits per heavy atom. The fourth-order valence-electron chi connectivity index (χ4n) is 1.35. The van der Waals surface area contributed by atoms with Crippen LogP contribution in [0.4, 0.5) is 0 Å². The molecule has 0 unspecified atom stereocenters. The zero-order valence-electron chi connectivity index (χ0n) is 8.66. The van der Waals surface area contributed by atoms with Gasteiger partial charge in [-0.2, -0.15) is 4.98 Å². The summed E-state index contributed by atoms with van der Waals surface area (Å²) in [4.78, 5) is 9.04. The number of aromatic nitrogens is 3. The van der Waals surface area contributed by atoms with Crippen molar-refractivity contribution in [1.29, 1.82) is 0 Å². The van der Waals surface area contributed by atoms with E-state index in [1.165, 1.54) is 11.3 Å². The first-order valence-corrected chi connectivity index (χ1v) is 5.76. The molecule has 3 aromatic rings. The SMILES string of the molecule is NCc1ccc(-c2nc(-c3cncs3)no2)o1. The van der Waals surface area contributed by atoms with E-state index in [4.69, 9.17) is 14.7 Å². The number of thiazole rings is 1. The minimum absolute atomic E-state index is 0.341. The van der Waals surface area contributed by atoms with Gasteiger partial charge >= 0.3 is 0 Å². The lowest BCUT2D eigenvalue weighted by atomic mass is 10.4. The van der Waals surface area contributed by atoms with Gasteiger partial charge in [0.1, 0.15) is 5.76 Å². The van der Waals surface area contributed by atoms with E-state index in [0.29, 0.717) is 29.8 Å². The van der Waals surface area contributed by atoms with Crippen LogP contribution in [0.2, 0.25) is 0 Å². The Kier molecular flexibility index (Phi) is 2.46. The first-order valence-electron chi connectivity index (χ1n) is 4.88. The summed E-state index contributed by atoms with van der Waals surface area (Å²) in [5.41, 5.74) is 7.17. The highest BCUT2D eigenvalue weighted by Gasteiger charge is 2.14. The molecular formula is C10H8N4O2S. The standard InChI is InChI=1S/C10H8N4O2S/c11-3-6-1-2-7(15-6)10-13-9(14-16-10)8-4-12-5-17-8/h1-2,4-5H,3,11H2. The normalized spacial score (nSPS) is 10.9. The van der Waals surface area contributed by atoms with Crippen molar-refractivity contribution in [3.05, 3.63) is 29.6 Å². The summed E-state index contributed by atoms with van der Waals surface area (Å²) >= 11 is 1.45. The van der Waals surface area contributed by atoms with E-state index in [1.54, 1.807) is 23.8 Å². The van der Waals surface area contributed by atoms with Crippen LogP contribution in [-0.4, -0.2) is 15.1 Å². The molecule has 0 aliphatic carbocycles. The predicted molar refractivity (Wildman–Crippen MR) is 61.0 cm³/mol. The summed E-state index contributed by atoms with van der Waals surface area (Å²) in [5, 5.41) is 3.86. The van der Waals surface area contributed by atoms with Gasteiger partial charge in [-0.05, 0) is 12.1 Å². The van der Waals surface area contributed by atoms with Crippen molar-refractivity contribution < 1.29 is 8.94 Å². The average molecular weight is 248 g/mol. The lowest BCUT2D eigenvalue weighted by Crippen LogP contribution is -1.92. The lowest BCUT2D eigenvalue weighted by molar-refractivity contribution is 0.412. The van der Waals surface area contributed by atoms with Crippen molar-refractivity contribution in [2.75, 3.05) is 0 Å². The van der Waals surface area contributed by atoms with Crippen molar-refractivity contribution in [2.45, 2.75) is 6.54 Å². The molecule has 0 saturated heterocycles. The highest BCUT2D eigenvalue weighted by Crippen LogP contribution is 2.25. The molecule has 0 aromatic carbocycles. The van der Waals surface area contributed by atoms with Crippen LogP contribution in [0.5, 0.6) is 0 Å². The van der Waals surface area contributed by atoms with Crippen molar-refractivity contribution in [2.24, 2.45) is 5.73 Å². The van der Waals surface area contributed by atoms with E-state index >= 15 is 0 Å². The average Bonchev–Trinajstić information content (AvgIpc) is 3.09. The minimum atomic E-state index is 0.341. The highest BCUT2D eigenvalue weighted by molar-refractivity contribution is 7.13. The molecule has 3 aromatic heterocycles. The molecule has 0 aliphatic rings. The molecule has 86 valence electrons. The molecule has 0 bridgehead atoms. The second kappa shape index (κ2) is 4.11. The van der Waals surface area contributed by atoms with Crippen molar-refractivity contribution in [3.63, 3.8) is 0 Å². The molecule has 0 amide bonds. The smallest absolute Gasteiger partial charge is 0.293 e. The summed E-state index contributed by atoms with van der Waals surface area (Å²) in [6.07, 6.45) is 1.69. The molecule has 0 fully saturated rings. The van der Waals surface area contributed by atoms with E-state index in [-0.39, 0.29) is 0 Å². The third kappa shape index (κ3) is 1.85. The summed E-state index contributed by atoms with van der Waals surface area (Å²) in [5.74, 6) is 2.05. The fourth-order valence-corrected chi connectivity index (χ4v) is 1.90. The van der Waals surface area contributed by atoms with Crippen LogP contribution in [0.1, 0.15) is 5.76 Å². The van der Waals surface area contributed by atoms with Gasteiger partial charge in [-0.3, -0.25) is 4.98 Å². The van der Waals surface area contributed by atoms with E-state index in [1.807, 2.05) is 0 Å². The van der Waals surface area contributed by atoms with Crippen molar-refractivity contribution >= 4 is 11.3 Å². The molecule has 0 spiro atoms. The third-order valence-corrected chi connectivity index (χ3v) is 2.92. The van der Waals surface area contributed by atoms with Crippen LogP contribution in [-0.2, 0) is 6.54 Å². The van der Waals surface area contributed by atoms with Crippen LogP contribution in [0, 0.1) is 0 Å². The van der Waals surface area contributed by atoms with Gasteiger partial charge in [-0.25, -0.2) is 0 Å². The van der Waals surface area contributed by atoms with Gasteiger partial charge in [0, 0.05) is 6.20 Å². The Labute approximate surface area is 100 Å². The molecule has 2 N–H and O–H groups in total. The molecular weight excluding hydrogens is 240 g/mol. The maximum absolute atomic E-state index is 5.46. The van der Waals surface area contributed by atoms with Gasteiger partial charge in [-0.1, -0.05) is 5.16 Å². The Balaban J connectivity index is 1.94. The summed E-state index contributed by atoms with van der Waals surface area (Å²) in [6.45, 7) is 0.343. The summed E-state index contributed by atoms with van der Waals surface area (Å²) in [7, 11) is 0. The number of hydrogen-bond donors (Lipinski definition) is 1. The third-order valence-electron chi connectivity index (χ3n) is 2.15. The molecule has 0 radical (unpaired) electrons. The number of nitrogens with two attached hydrogens (primary N) is 1. The van der Waals surface area contributed by atoms with Crippen LogP contribution in [0.25, 0.3) is 22.4 Å². The van der Waals surface area contributed by atoms with Gasteiger partial charge in [0.15, 0.2) is 5.76 Å². The number of nitrogens with zero attached hydrogens (tertiary/aromatic N) is 3. The van der Waals surface area contributed by atoms with Crippen LogP contribution in [0.3, 0.4) is 0 Å². The lowest BCUT2D eigenvalue weighted by Gasteiger charge is -1.87. The Hall–Kier alpha value is -1.99. The van der Waals surface area contributed by atoms with Crippen LogP contribution < -0.4 is 5.73 Å². The van der Waals surface area contributed by atoms with Gasteiger partial charge in [0.05, 0.1) is 16.9 Å². The Bertz CT molecular complexity index is 614. The van der Waals surface area contributed by atoms with Gasteiger partial charge in [0.2, 0.25) is 5.82 Å². The zero-order chi connectivity index (χ0) is 11.7. The topological polar surface area (TPSA) is 91.0 Å². The number of hydrogen-bond acceptors (Lipinski definition) is 7. The number of rotatable bonds is 3. The molecule has 0 saturated carbocycles.